The van der Waals surface area contributed by atoms with E-state index >= 15 is 0 Å². The molecule has 5 nitrogen and oxygen atoms in total. The number of nitriles is 1. The van der Waals surface area contributed by atoms with Gasteiger partial charge in [0.15, 0.2) is 0 Å². The van der Waals surface area contributed by atoms with E-state index in [0.29, 0.717) is 31.8 Å². The van der Waals surface area contributed by atoms with Crippen molar-refractivity contribution in [2.24, 2.45) is 11.3 Å². The zero-order valence-corrected chi connectivity index (χ0v) is 15.2. The molecule has 0 aliphatic carbocycles. The molecule has 2 aliphatic rings. The first-order valence-electron chi connectivity index (χ1n) is 8.85. The molecule has 0 spiro atoms. The average Bonchev–Trinajstić information content (AvgIpc) is 2.54. The molecule has 0 unspecified atom stereocenters. The Labute approximate surface area is 145 Å². The van der Waals surface area contributed by atoms with Crippen molar-refractivity contribution in [1.29, 1.82) is 5.26 Å². The third-order valence-electron chi connectivity index (χ3n) is 4.96. The molecule has 0 bridgehead atoms. The Morgan fingerprint density at radius 3 is 2.29 bits per heavy atom. The molecule has 2 heterocycles. The summed E-state index contributed by atoms with van der Waals surface area (Å²) < 4.78 is 5.43. The quantitative estimate of drug-likeness (QED) is 0.730. The number of ether oxygens (including phenoxy) is 1. The second-order valence-electron chi connectivity index (χ2n) is 8.08. The van der Waals surface area contributed by atoms with Crippen molar-refractivity contribution in [2.45, 2.75) is 52.1 Å². The number of terminal acetylenes is 1. The molecule has 2 aliphatic heterocycles. The summed E-state index contributed by atoms with van der Waals surface area (Å²) >= 11 is 0. The molecule has 24 heavy (non-hydrogen) atoms. The van der Waals surface area contributed by atoms with Gasteiger partial charge in [0.1, 0.15) is 5.60 Å². The highest BCUT2D eigenvalue weighted by Crippen LogP contribution is 2.33. The molecule has 2 rings (SSSR count). The Morgan fingerprint density at radius 2 is 1.83 bits per heavy atom. The number of hydrogen-bond acceptors (Lipinski definition) is 4. The number of amides is 1. The maximum absolute atomic E-state index is 12.2. The van der Waals surface area contributed by atoms with Gasteiger partial charge in [0.05, 0.1) is 11.5 Å². The van der Waals surface area contributed by atoms with Crippen LogP contribution in [-0.4, -0.2) is 54.2 Å². The smallest absolute Gasteiger partial charge is 0.410 e. The number of piperidine rings is 2. The van der Waals surface area contributed by atoms with Crippen LogP contribution in [0.4, 0.5) is 4.79 Å². The van der Waals surface area contributed by atoms with Crippen molar-refractivity contribution in [3.05, 3.63) is 0 Å². The molecule has 0 radical (unpaired) electrons. The van der Waals surface area contributed by atoms with Gasteiger partial charge in [-0.1, -0.05) is 0 Å². The highest BCUT2D eigenvalue weighted by atomic mass is 16.6. The Bertz CT molecular complexity index is 522. The number of likely N-dealkylation sites (tertiary alicyclic amines) is 2. The molecule has 0 aromatic carbocycles. The highest BCUT2D eigenvalue weighted by Gasteiger charge is 2.39. The van der Waals surface area contributed by atoms with Crippen LogP contribution < -0.4 is 0 Å². The molecule has 0 atom stereocenters. The summed E-state index contributed by atoms with van der Waals surface area (Å²) in [6.45, 7) is 9.49. The van der Waals surface area contributed by atoms with Gasteiger partial charge in [-0.05, 0) is 59.5 Å². The third-order valence-corrected chi connectivity index (χ3v) is 4.96. The SMILES string of the molecule is C#CC1CCN(CC2(C#N)CCN(C(=O)OC(C)(C)C)CC2)CC1. The largest absolute Gasteiger partial charge is 0.444 e. The molecule has 0 aromatic rings. The summed E-state index contributed by atoms with van der Waals surface area (Å²) in [7, 11) is 0. The molecule has 2 fully saturated rings. The summed E-state index contributed by atoms with van der Waals surface area (Å²) in [5.74, 6) is 3.22. The summed E-state index contributed by atoms with van der Waals surface area (Å²) in [4.78, 5) is 16.3. The van der Waals surface area contributed by atoms with E-state index in [1.54, 1.807) is 4.90 Å². The normalized spacial score (nSPS) is 22.5. The fraction of sp³-hybridized carbons (Fsp3) is 0.789. The predicted molar refractivity (Wildman–Crippen MR) is 93.1 cm³/mol. The maximum atomic E-state index is 12.2. The van der Waals surface area contributed by atoms with Crippen molar-refractivity contribution in [1.82, 2.24) is 9.80 Å². The fourth-order valence-corrected chi connectivity index (χ4v) is 3.43. The van der Waals surface area contributed by atoms with Gasteiger partial charge in [-0.15, -0.1) is 12.3 Å². The summed E-state index contributed by atoms with van der Waals surface area (Å²) in [6, 6.07) is 2.54. The Kier molecular flexibility index (Phi) is 5.78. The van der Waals surface area contributed by atoms with Crippen LogP contribution in [0.3, 0.4) is 0 Å². The van der Waals surface area contributed by atoms with E-state index in [0.717, 1.165) is 32.5 Å². The van der Waals surface area contributed by atoms with Gasteiger partial charge in [-0.2, -0.15) is 5.26 Å². The Morgan fingerprint density at radius 1 is 1.25 bits per heavy atom. The molecular weight excluding hydrogens is 302 g/mol. The number of nitrogens with zero attached hydrogens (tertiary/aromatic N) is 3. The van der Waals surface area contributed by atoms with Crippen molar-refractivity contribution < 1.29 is 9.53 Å². The molecule has 0 aromatic heterocycles. The monoisotopic (exact) mass is 331 g/mol. The van der Waals surface area contributed by atoms with Crippen LogP contribution in [0.1, 0.15) is 46.5 Å². The van der Waals surface area contributed by atoms with Crippen molar-refractivity contribution in [2.75, 3.05) is 32.7 Å². The van der Waals surface area contributed by atoms with Crippen molar-refractivity contribution >= 4 is 6.09 Å². The second kappa shape index (κ2) is 7.45. The summed E-state index contributed by atoms with van der Waals surface area (Å²) in [5.41, 5.74) is -0.844. The highest BCUT2D eigenvalue weighted by molar-refractivity contribution is 5.68. The third kappa shape index (κ3) is 4.89. The topological polar surface area (TPSA) is 56.6 Å². The summed E-state index contributed by atoms with van der Waals surface area (Å²) in [6.07, 6.45) is 8.67. The van der Waals surface area contributed by atoms with Gasteiger partial charge >= 0.3 is 6.09 Å². The lowest BCUT2D eigenvalue weighted by Gasteiger charge is -2.41. The van der Waals surface area contributed by atoms with E-state index in [-0.39, 0.29) is 11.5 Å². The van der Waals surface area contributed by atoms with Crippen LogP contribution in [-0.2, 0) is 4.74 Å². The fourth-order valence-electron chi connectivity index (χ4n) is 3.43. The zero-order chi connectivity index (χ0) is 17.8. The maximum Gasteiger partial charge on any atom is 0.410 e. The molecule has 2 saturated heterocycles. The van der Waals surface area contributed by atoms with Crippen LogP contribution in [0.25, 0.3) is 0 Å². The lowest BCUT2D eigenvalue weighted by Crippen LogP contribution is -2.49. The van der Waals surface area contributed by atoms with Crippen LogP contribution in [0.2, 0.25) is 0 Å². The zero-order valence-electron chi connectivity index (χ0n) is 15.2. The number of rotatable bonds is 2. The van der Waals surface area contributed by atoms with Crippen LogP contribution in [0, 0.1) is 35.0 Å². The number of carbonyl (C=O) groups excluding carboxylic acids is 1. The van der Waals surface area contributed by atoms with Crippen LogP contribution in [0.15, 0.2) is 0 Å². The van der Waals surface area contributed by atoms with Gasteiger partial charge in [0, 0.05) is 25.6 Å². The minimum atomic E-state index is -0.484. The molecule has 0 saturated carbocycles. The van der Waals surface area contributed by atoms with E-state index in [4.69, 9.17) is 11.2 Å². The van der Waals surface area contributed by atoms with E-state index in [9.17, 15) is 10.1 Å². The molecule has 132 valence electrons. The minimum Gasteiger partial charge on any atom is -0.444 e. The van der Waals surface area contributed by atoms with E-state index < -0.39 is 5.60 Å². The molecular formula is C19H29N3O2. The first kappa shape index (κ1) is 18.6. The molecule has 1 amide bonds. The first-order valence-corrected chi connectivity index (χ1v) is 8.85. The van der Waals surface area contributed by atoms with Crippen LogP contribution in [0.5, 0.6) is 0 Å². The number of carbonyl (C=O) groups is 1. The van der Waals surface area contributed by atoms with E-state index in [2.05, 4.69) is 16.9 Å². The Balaban J connectivity index is 1.87. The standard InChI is InChI=1S/C19H29N3O2/c1-5-16-6-10-21(11-7-16)15-19(14-20)8-12-22(13-9-19)17(23)24-18(2,3)4/h1,16H,6-13,15H2,2-4H3. The Hall–Kier alpha value is -1.72. The lowest BCUT2D eigenvalue weighted by atomic mass is 9.78. The van der Waals surface area contributed by atoms with Crippen LogP contribution >= 0.6 is 0 Å². The minimum absolute atomic E-state index is 0.274. The van der Waals surface area contributed by atoms with Gasteiger partial charge < -0.3 is 14.5 Å². The van der Waals surface area contributed by atoms with Crippen molar-refractivity contribution in [3.63, 3.8) is 0 Å². The predicted octanol–water partition coefficient (Wildman–Crippen LogP) is 2.87. The number of hydrogen-bond donors (Lipinski definition) is 0. The lowest BCUT2D eigenvalue weighted by molar-refractivity contribution is 0.0110. The van der Waals surface area contributed by atoms with E-state index in [1.807, 2.05) is 20.8 Å². The van der Waals surface area contributed by atoms with Gasteiger partial charge in [-0.3, -0.25) is 0 Å². The van der Waals surface area contributed by atoms with Gasteiger partial charge in [0.25, 0.3) is 0 Å². The molecule has 5 heteroatoms. The van der Waals surface area contributed by atoms with Gasteiger partial charge in [-0.25, -0.2) is 4.79 Å². The van der Waals surface area contributed by atoms with Gasteiger partial charge in [0.2, 0.25) is 0 Å². The average molecular weight is 331 g/mol. The summed E-state index contributed by atoms with van der Waals surface area (Å²) in [5, 5.41) is 9.74. The first-order chi connectivity index (χ1) is 11.3. The van der Waals surface area contributed by atoms with Crippen molar-refractivity contribution in [3.8, 4) is 18.4 Å². The van der Waals surface area contributed by atoms with E-state index in [1.165, 1.54) is 0 Å². The second-order valence-corrected chi connectivity index (χ2v) is 8.08. The molecule has 0 N–H and O–H groups in total.